The van der Waals surface area contributed by atoms with Gasteiger partial charge >= 0.3 is 6.03 Å². The van der Waals surface area contributed by atoms with Gasteiger partial charge in [-0.2, -0.15) is 0 Å². The first kappa shape index (κ1) is 14.3. The van der Waals surface area contributed by atoms with E-state index in [1.54, 1.807) is 0 Å². The van der Waals surface area contributed by atoms with Crippen molar-refractivity contribution < 1.29 is 9.90 Å². The third-order valence-electron chi connectivity index (χ3n) is 3.20. The molecule has 1 atom stereocenters. The van der Waals surface area contributed by atoms with Crippen LogP contribution in [0.4, 0.5) is 4.79 Å². The third kappa shape index (κ3) is 5.39. The number of urea groups is 1. The van der Waals surface area contributed by atoms with E-state index in [1.165, 1.54) is 12.8 Å². The van der Waals surface area contributed by atoms with E-state index in [9.17, 15) is 9.90 Å². The molecule has 1 aliphatic rings. The van der Waals surface area contributed by atoms with Crippen LogP contribution in [-0.4, -0.2) is 41.8 Å². The number of nitrogens with zero attached hydrogens (tertiary/aromatic N) is 1. The summed E-state index contributed by atoms with van der Waals surface area (Å²) < 4.78 is 0. The van der Waals surface area contributed by atoms with Crippen molar-refractivity contribution in [3.05, 3.63) is 0 Å². The van der Waals surface area contributed by atoms with Gasteiger partial charge in [0, 0.05) is 13.1 Å². The van der Waals surface area contributed by atoms with E-state index in [-0.39, 0.29) is 18.7 Å². The topological polar surface area (TPSA) is 52.6 Å². The SMILES string of the molecule is CC(C)CC(CO)NC(=O)N1CCCCCC1. The molecule has 1 aliphatic heterocycles. The molecular weight excluding hydrogens is 216 g/mol. The van der Waals surface area contributed by atoms with Crippen molar-refractivity contribution in [3.8, 4) is 0 Å². The Hall–Kier alpha value is -0.770. The van der Waals surface area contributed by atoms with Gasteiger partial charge in [0.15, 0.2) is 0 Å². The zero-order valence-corrected chi connectivity index (χ0v) is 11.1. The van der Waals surface area contributed by atoms with Gasteiger partial charge in [-0.1, -0.05) is 26.7 Å². The zero-order chi connectivity index (χ0) is 12.7. The fourth-order valence-electron chi connectivity index (χ4n) is 2.29. The fourth-order valence-corrected chi connectivity index (χ4v) is 2.29. The van der Waals surface area contributed by atoms with Crippen molar-refractivity contribution in [1.82, 2.24) is 10.2 Å². The maximum atomic E-state index is 12.0. The standard InChI is InChI=1S/C13H26N2O2/c1-11(2)9-12(10-16)14-13(17)15-7-5-3-4-6-8-15/h11-12,16H,3-10H2,1-2H3,(H,14,17). The van der Waals surface area contributed by atoms with E-state index < -0.39 is 0 Å². The summed E-state index contributed by atoms with van der Waals surface area (Å²) >= 11 is 0. The minimum Gasteiger partial charge on any atom is -0.394 e. The number of amides is 2. The average molecular weight is 242 g/mol. The molecule has 0 aromatic carbocycles. The monoisotopic (exact) mass is 242 g/mol. The number of hydrogen-bond acceptors (Lipinski definition) is 2. The summed E-state index contributed by atoms with van der Waals surface area (Å²) in [5.41, 5.74) is 0. The molecular formula is C13H26N2O2. The van der Waals surface area contributed by atoms with Gasteiger partial charge in [-0.3, -0.25) is 0 Å². The van der Waals surface area contributed by atoms with Gasteiger partial charge in [0.1, 0.15) is 0 Å². The van der Waals surface area contributed by atoms with Gasteiger partial charge in [-0.15, -0.1) is 0 Å². The lowest BCUT2D eigenvalue weighted by Gasteiger charge is -2.25. The van der Waals surface area contributed by atoms with Crippen LogP contribution in [0.5, 0.6) is 0 Å². The first-order valence-corrected chi connectivity index (χ1v) is 6.79. The zero-order valence-electron chi connectivity index (χ0n) is 11.1. The minimum atomic E-state index is -0.106. The summed E-state index contributed by atoms with van der Waals surface area (Å²) in [6, 6.07) is -0.114. The first-order chi connectivity index (χ1) is 8.13. The summed E-state index contributed by atoms with van der Waals surface area (Å²) in [4.78, 5) is 13.9. The van der Waals surface area contributed by atoms with Crippen LogP contribution in [0.15, 0.2) is 0 Å². The molecule has 0 aromatic rings. The molecule has 0 aliphatic carbocycles. The van der Waals surface area contributed by atoms with Gasteiger partial charge in [0.2, 0.25) is 0 Å². The van der Waals surface area contributed by atoms with Crippen LogP contribution in [0.2, 0.25) is 0 Å². The number of carbonyl (C=O) groups excluding carboxylic acids is 1. The lowest BCUT2D eigenvalue weighted by molar-refractivity contribution is 0.178. The average Bonchev–Trinajstić information content (AvgIpc) is 2.55. The normalized spacial score (nSPS) is 18.9. The van der Waals surface area contributed by atoms with Gasteiger partial charge in [0.25, 0.3) is 0 Å². The summed E-state index contributed by atoms with van der Waals surface area (Å²) in [5, 5.41) is 12.2. The lowest BCUT2D eigenvalue weighted by atomic mass is 10.0. The molecule has 1 saturated heterocycles. The Balaban J connectivity index is 2.39. The van der Waals surface area contributed by atoms with E-state index in [2.05, 4.69) is 19.2 Å². The van der Waals surface area contributed by atoms with Gasteiger partial charge in [-0.25, -0.2) is 4.79 Å². The highest BCUT2D eigenvalue weighted by Crippen LogP contribution is 2.10. The Labute approximate surface area is 104 Å². The van der Waals surface area contributed by atoms with Gasteiger partial charge in [-0.05, 0) is 25.2 Å². The molecule has 1 heterocycles. The van der Waals surface area contributed by atoms with Crippen LogP contribution in [0.1, 0.15) is 46.0 Å². The largest absolute Gasteiger partial charge is 0.394 e. The van der Waals surface area contributed by atoms with E-state index in [1.807, 2.05) is 4.90 Å². The molecule has 17 heavy (non-hydrogen) atoms. The van der Waals surface area contributed by atoms with E-state index in [4.69, 9.17) is 0 Å². The number of nitrogens with one attached hydrogen (secondary N) is 1. The van der Waals surface area contributed by atoms with Gasteiger partial charge in [0.05, 0.1) is 12.6 Å². The quantitative estimate of drug-likeness (QED) is 0.792. The molecule has 0 aromatic heterocycles. The highest BCUT2D eigenvalue weighted by molar-refractivity contribution is 5.74. The van der Waals surface area contributed by atoms with Crippen molar-refractivity contribution in [2.75, 3.05) is 19.7 Å². The molecule has 0 spiro atoms. The molecule has 0 saturated carbocycles. The minimum absolute atomic E-state index is 0.00778. The Morgan fingerprint density at radius 1 is 1.24 bits per heavy atom. The number of rotatable bonds is 4. The van der Waals surface area contributed by atoms with Crippen molar-refractivity contribution >= 4 is 6.03 Å². The van der Waals surface area contributed by atoms with E-state index in [0.29, 0.717) is 5.92 Å². The van der Waals surface area contributed by atoms with Crippen molar-refractivity contribution in [3.63, 3.8) is 0 Å². The van der Waals surface area contributed by atoms with Gasteiger partial charge < -0.3 is 15.3 Å². The van der Waals surface area contributed by atoms with Crippen LogP contribution in [0.25, 0.3) is 0 Å². The van der Waals surface area contributed by atoms with Crippen LogP contribution in [-0.2, 0) is 0 Å². The highest BCUT2D eigenvalue weighted by Gasteiger charge is 2.19. The summed E-state index contributed by atoms with van der Waals surface area (Å²) in [6.07, 6.45) is 5.47. The predicted molar refractivity (Wildman–Crippen MR) is 68.9 cm³/mol. The molecule has 1 rings (SSSR count). The molecule has 1 fully saturated rings. The highest BCUT2D eigenvalue weighted by atomic mass is 16.3. The molecule has 0 radical (unpaired) electrons. The predicted octanol–water partition coefficient (Wildman–Crippen LogP) is 1.98. The number of aliphatic hydroxyl groups is 1. The lowest BCUT2D eigenvalue weighted by Crippen LogP contribution is -2.47. The van der Waals surface area contributed by atoms with Crippen LogP contribution in [0.3, 0.4) is 0 Å². The third-order valence-corrected chi connectivity index (χ3v) is 3.20. The summed E-state index contributed by atoms with van der Waals surface area (Å²) in [5.74, 6) is 0.483. The second-order valence-electron chi connectivity index (χ2n) is 5.36. The number of carbonyl (C=O) groups is 1. The molecule has 1 unspecified atom stereocenters. The number of hydrogen-bond donors (Lipinski definition) is 2. The van der Waals surface area contributed by atoms with Crippen molar-refractivity contribution in [2.24, 2.45) is 5.92 Å². The smallest absolute Gasteiger partial charge is 0.317 e. The second kappa shape index (κ2) is 7.54. The molecule has 100 valence electrons. The molecule has 0 bridgehead atoms. The number of aliphatic hydroxyl groups excluding tert-OH is 1. The van der Waals surface area contributed by atoms with E-state index >= 15 is 0 Å². The number of likely N-dealkylation sites (tertiary alicyclic amines) is 1. The summed E-state index contributed by atoms with van der Waals surface area (Å²) in [6.45, 7) is 5.93. The Morgan fingerprint density at radius 2 is 1.82 bits per heavy atom. The summed E-state index contributed by atoms with van der Waals surface area (Å²) in [7, 11) is 0. The first-order valence-electron chi connectivity index (χ1n) is 6.79. The second-order valence-corrected chi connectivity index (χ2v) is 5.36. The van der Waals surface area contributed by atoms with Crippen molar-refractivity contribution in [1.29, 1.82) is 0 Å². The maximum absolute atomic E-state index is 12.0. The van der Waals surface area contributed by atoms with Crippen molar-refractivity contribution in [2.45, 2.75) is 52.0 Å². The van der Waals surface area contributed by atoms with Crippen LogP contribution in [0, 0.1) is 5.92 Å². The Morgan fingerprint density at radius 3 is 2.29 bits per heavy atom. The van der Waals surface area contributed by atoms with Crippen LogP contribution >= 0.6 is 0 Å². The fraction of sp³-hybridized carbons (Fsp3) is 0.923. The van der Waals surface area contributed by atoms with E-state index in [0.717, 1.165) is 32.4 Å². The molecule has 4 heteroatoms. The van der Waals surface area contributed by atoms with Crippen LogP contribution < -0.4 is 5.32 Å². The Kier molecular flexibility index (Phi) is 6.34. The maximum Gasteiger partial charge on any atom is 0.317 e. The Bertz CT molecular complexity index is 223. The molecule has 2 amide bonds. The molecule has 2 N–H and O–H groups in total. The molecule has 4 nitrogen and oxygen atoms in total.